The standard InChI is InChI=1S/C24H36O4/c1-2-3-6-10-22(25)19-14-12-18(13-15-19)20-16-17-23(26)21(20)9-7-4-5-8-11-24(27)28/h12-15,20-22,25H,2-11,16-17H2,1H3,(H,27,28)/t20-,21-,22-/m0/s1. The van der Waals surface area contributed by atoms with Crippen molar-refractivity contribution in [3.05, 3.63) is 35.4 Å². The number of aliphatic hydroxyl groups excluding tert-OH is 1. The fourth-order valence-electron chi connectivity index (χ4n) is 4.38. The van der Waals surface area contributed by atoms with Crippen LogP contribution in [0.25, 0.3) is 0 Å². The first kappa shape index (κ1) is 22.6. The Morgan fingerprint density at radius 1 is 1.07 bits per heavy atom. The van der Waals surface area contributed by atoms with Gasteiger partial charge in [0, 0.05) is 18.8 Å². The summed E-state index contributed by atoms with van der Waals surface area (Å²) >= 11 is 0. The normalized spacial score (nSPS) is 20.4. The molecule has 0 aromatic heterocycles. The van der Waals surface area contributed by atoms with Crippen molar-refractivity contribution < 1.29 is 19.8 Å². The Kier molecular flexibility index (Phi) is 9.69. The van der Waals surface area contributed by atoms with Gasteiger partial charge in [0.25, 0.3) is 0 Å². The lowest BCUT2D eigenvalue weighted by atomic mass is 9.84. The van der Waals surface area contributed by atoms with Gasteiger partial charge in [0.1, 0.15) is 5.78 Å². The summed E-state index contributed by atoms with van der Waals surface area (Å²) in [5.41, 5.74) is 2.19. The highest BCUT2D eigenvalue weighted by Gasteiger charge is 2.34. The molecule has 1 aliphatic carbocycles. The average Bonchev–Trinajstić information content (AvgIpc) is 3.05. The van der Waals surface area contributed by atoms with Gasteiger partial charge in [-0.05, 0) is 42.7 Å². The second kappa shape index (κ2) is 12.0. The molecule has 1 aromatic rings. The van der Waals surface area contributed by atoms with Crippen molar-refractivity contribution in [2.24, 2.45) is 5.92 Å². The van der Waals surface area contributed by atoms with Crippen LogP contribution in [0.5, 0.6) is 0 Å². The summed E-state index contributed by atoms with van der Waals surface area (Å²) in [6.07, 6.45) is 10.1. The number of aliphatic carboxylic acids is 1. The van der Waals surface area contributed by atoms with Gasteiger partial charge in [-0.1, -0.05) is 69.7 Å². The van der Waals surface area contributed by atoms with Crippen molar-refractivity contribution in [3.63, 3.8) is 0 Å². The van der Waals surface area contributed by atoms with Crippen LogP contribution in [0.1, 0.15) is 107 Å². The molecule has 4 nitrogen and oxygen atoms in total. The number of carbonyl (C=O) groups excluding carboxylic acids is 1. The first-order valence-electron chi connectivity index (χ1n) is 11.0. The number of rotatable bonds is 13. The molecule has 0 spiro atoms. The number of aliphatic hydroxyl groups is 1. The number of Topliss-reactive ketones (excluding diaryl/α,β-unsaturated/α-hetero) is 1. The fraction of sp³-hybridized carbons (Fsp3) is 0.667. The van der Waals surface area contributed by atoms with Crippen LogP contribution in [0.3, 0.4) is 0 Å². The predicted octanol–water partition coefficient (Wildman–Crippen LogP) is 5.79. The third kappa shape index (κ3) is 7.05. The van der Waals surface area contributed by atoms with Gasteiger partial charge in [-0.3, -0.25) is 9.59 Å². The van der Waals surface area contributed by atoms with Gasteiger partial charge < -0.3 is 10.2 Å². The fourth-order valence-corrected chi connectivity index (χ4v) is 4.38. The summed E-state index contributed by atoms with van der Waals surface area (Å²) in [4.78, 5) is 22.9. The Bertz CT molecular complexity index is 608. The number of carbonyl (C=O) groups is 2. The molecule has 1 aliphatic rings. The maximum absolute atomic E-state index is 12.4. The van der Waals surface area contributed by atoms with Crippen LogP contribution in [0.4, 0.5) is 0 Å². The zero-order valence-electron chi connectivity index (χ0n) is 17.2. The van der Waals surface area contributed by atoms with Crippen LogP contribution >= 0.6 is 0 Å². The van der Waals surface area contributed by atoms with Gasteiger partial charge in [0.05, 0.1) is 6.10 Å². The van der Waals surface area contributed by atoms with Crippen molar-refractivity contribution in [2.45, 2.75) is 96.0 Å². The number of ketones is 1. The van der Waals surface area contributed by atoms with Crippen LogP contribution in [0.15, 0.2) is 24.3 Å². The maximum Gasteiger partial charge on any atom is 0.303 e. The van der Waals surface area contributed by atoms with Crippen molar-refractivity contribution in [1.29, 1.82) is 0 Å². The number of carboxylic acid groups (broad SMARTS) is 1. The lowest BCUT2D eigenvalue weighted by molar-refractivity contribution is -0.137. The second-order valence-corrected chi connectivity index (χ2v) is 8.24. The number of benzene rings is 1. The molecule has 0 aliphatic heterocycles. The number of carboxylic acids is 1. The highest BCUT2D eigenvalue weighted by molar-refractivity contribution is 5.84. The van der Waals surface area contributed by atoms with E-state index in [1.807, 2.05) is 12.1 Å². The molecular weight excluding hydrogens is 352 g/mol. The molecule has 2 rings (SSSR count). The Morgan fingerprint density at radius 3 is 2.46 bits per heavy atom. The van der Waals surface area contributed by atoms with E-state index in [4.69, 9.17) is 5.11 Å². The van der Waals surface area contributed by atoms with Crippen LogP contribution in [0, 0.1) is 5.92 Å². The molecule has 28 heavy (non-hydrogen) atoms. The molecule has 0 amide bonds. The Labute approximate surface area is 169 Å². The molecule has 0 heterocycles. The Balaban J connectivity index is 1.84. The van der Waals surface area contributed by atoms with Gasteiger partial charge >= 0.3 is 5.97 Å². The summed E-state index contributed by atoms with van der Waals surface area (Å²) in [6.45, 7) is 2.16. The summed E-state index contributed by atoms with van der Waals surface area (Å²) < 4.78 is 0. The SMILES string of the molecule is CCCCC[C@H](O)c1ccc([C@@H]2CCC(=O)[C@H]2CCCCCCC(=O)O)cc1. The van der Waals surface area contributed by atoms with E-state index in [9.17, 15) is 14.7 Å². The zero-order chi connectivity index (χ0) is 20.4. The molecule has 0 saturated heterocycles. The van der Waals surface area contributed by atoms with Crippen LogP contribution in [-0.2, 0) is 9.59 Å². The second-order valence-electron chi connectivity index (χ2n) is 8.24. The Hall–Kier alpha value is -1.68. The number of hydrogen-bond acceptors (Lipinski definition) is 3. The molecular formula is C24H36O4. The van der Waals surface area contributed by atoms with Gasteiger partial charge in [-0.25, -0.2) is 0 Å². The molecule has 0 unspecified atom stereocenters. The van der Waals surface area contributed by atoms with Gasteiger partial charge in [-0.2, -0.15) is 0 Å². The number of unbranched alkanes of at least 4 members (excludes halogenated alkanes) is 5. The van der Waals surface area contributed by atoms with Crippen molar-refractivity contribution in [1.82, 2.24) is 0 Å². The molecule has 1 aromatic carbocycles. The molecule has 4 heteroatoms. The summed E-state index contributed by atoms with van der Waals surface area (Å²) in [5.74, 6) is 0.0294. The van der Waals surface area contributed by atoms with E-state index in [-0.39, 0.29) is 18.3 Å². The minimum Gasteiger partial charge on any atom is -0.481 e. The molecule has 0 radical (unpaired) electrons. The quantitative estimate of drug-likeness (QED) is 0.420. The highest BCUT2D eigenvalue weighted by atomic mass is 16.4. The first-order chi connectivity index (χ1) is 13.5. The van der Waals surface area contributed by atoms with E-state index >= 15 is 0 Å². The van der Waals surface area contributed by atoms with Crippen LogP contribution in [-0.4, -0.2) is 22.0 Å². The van der Waals surface area contributed by atoms with E-state index in [2.05, 4.69) is 19.1 Å². The molecule has 2 N–H and O–H groups in total. The summed E-state index contributed by atoms with van der Waals surface area (Å²) in [5, 5.41) is 19.0. The van der Waals surface area contributed by atoms with E-state index in [0.717, 1.165) is 69.8 Å². The largest absolute Gasteiger partial charge is 0.481 e. The summed E-state index contributed by atoms with van der Waals surface area (Å²) in [6, 6.07) is 8.25. The molecule has 1 fully saturated rings. The van der Waals surface area contributed by atoms with Crippen LogP contribution < -0.4 is 0 Å². The zero-order valence-corrected chi connectivity index (χ0v) is 17.2. The predicted molar refractivity (Wildman–Crippen MR) is 111 cm³/mol. The molecule has 1 saturated carbocycles. The van der Waals surface area contributed by atoms with Crippen molar-refractivity contribution in [2.75, 3.05) is 0 Å². The minimum absolute atomic E-state index is 0.0970. The number of hydrogen-bond donors (Lipinski definition) is 2. The van der Waals surface area contributed by atoms with Gasteiger partial charge in [0.2, 0.25) is 0 Å². The first-order valence-corrected chi connectivity index (χ1v) is 11.0. The average molecular weight is 389 g/mol. The third-order valence-corrected chi connectivity index (χ3v) is 6.09. The highest BCUT2D eigenvalue weighted by Crippen LogP contribution is 2.40. The van der Waals surface area contributed by atoms with E-state index in [0.29, 0.717) is 12.2 Å². The molecule has 3 atom stereocenters. The lowest BCUT2D eigenvalue weighted by Gasteiger charge is -2.20. The third-order valence-electron chi connectivity index (χ3n) is 6.09. The lowest BCUT2D eigenvalue weighted by Crippen LogP contribution is -2.13. The van der Waals surface area contributed by atoms with E-state index in [1.165, 1.54) is 5.56 Å². The molecule has 156 valence electrons. The Morgan fingerprint density at radius 2 is 1.79 bits per heavy atom. The van der Waals surface area contributed by atoms with Crippen LogP contribution in [0.2, 0.25) is 0 Å². The van der Waals surface area contributed by atoms with Crippen molar-refractivity contribution >= 4 is 11.8 Å². The minimum atomic E-state index is -0.732. The van der Waals surface area contributed by atoms with Gasteiger partial charge in [-0.15, -0.1) is 0 Å². The van der Waals surface area contributed by atoms with Crippen molar-refractivity contribution in [3.8, 4) is 0 Å². The van der Waals surface area contributed by atoms with E-state index in [1.54, 1.807) is 0 Å². The van der Waals surface area contributed by atoms with Gasteiger partial charge in [0.15, 0.2) is 0 Å². The van der Waals surface area contributed by atoms with E-state index < -0.39 is 12.1 Å². The monoisotopic (exact) mass is 388 g/mol. The summed E-state index contributed by atoms with van der Waals surface area (Å²) in [7, 11) is 0. The maximum atomic E-state index is 12.4. The smallest absolute Gasteiger partial charge is 0.303 e. The molecule has 0 bridgehead atoms. The topological polar surface area (TPSA) is 74.6 Å².